The first kappa shape index (κ1) is 26.7. The Morgan fingerprint density at radius 1 is 0.848 bits per heavy atom. The summed E-state index contributed by atoms with van der Waals surface area (Å²) in [5.74, 6) is 0. The lowest BCUT2D eigenvalue weighted by molar-refractivity contribution is -0.0188. The molecule has 1 N–H and O–H groups in total. The number of piperazine rings is 1. The third-order valence-corrected chi connectivity index (χ3v) is 7.19. The summed E-state index contributed by atoms with van der Waals surface area (Å²) in [5.41, 5.74) is 6.59. The van der Waals surface area contributed by atoms with Crippen LogP contribution in [0, 0.1) is 0 Å². The van der Waals surface area contributed by atoms with Crippen molar-refractivity contribution < 1.29 is 4.74 Å². The van der Waals surface area contributed by atoms with Gasteiger partial charge in [0.2, 0.25) is 0 Å². The van der Waals surface area contributed by atoms with Crippen molar-refractivity contribution in [2.45, 2.75) is 25.2 Å². The van der Waals surface area contributed by atoms with E-state index < -0.39 is 0 Å². The first-order valence-electron chi connectivity index (χ1n) is 10.9. The van der Waals surface area contributed by atoms with E-state index in [1.807, 2.05) is 0 Å². The van der Waals surface area contributed by atoms with Crippen LogP contribution in [0.25, 0.3) is 11.1 Å². The standard InChI is InChI=1S/C26H26Br2N2O.2ClH/c27-22-12-18(13-23(28)16-22)17-31-25-15-21-14-20(19-4-2-1-3-5-19)6-7-24(21)26(25)30-10-8-29-9-11-30;;/h1-7,12-14,16,25-26,29H,8-11,15,17H2;2*1H/t25-,26-;;/m1../s1. The van der Waals surface area contributed by atoms with E-state index in [0.29, 0.717) is 12.6 Å². The summed E-state index contributed by atoms with van der Waals surface area (Å²) in [6.45, 7) is 4.82. The fourth-order valence-corrected chi connectivity index (χ4v) is 6.24. The number of rotatable bonds is 5. The zero-order valence-electron chi connectivity index (χ0n) is 18.2. The Labute approximate surface area is 225 Å². The highest BCUT2D eigenvalue weighted by Gasteiger charge is 2.37. The van der Waals surface area contributed by atoms with Crippen LogP contribution in [0.3, 0.4) is 0 Å². The molecule has 2 atom stereocenters. The lowest BCUT2D eigenvalue weighted by atomic mass is 9.99. The Balaban J connectivity index is 0.00000153. The molecule has 176 valence electrons. The highest BCUT2D eigenvalue weighted by atomic mass is 79.9. The summed E-state index contributed by atoms with van der Waals surface area (Å²) in [4.78, 5) is 2.60. The molecule has 0 aromatic heterocycles. The molecule has 0 bridgehead atoms. The topological polar surface area (TPSA) is 24.5 Å². The van der Waals surface area contributed by atoms with E-state index in [1.54, 1.807) is 0 Å². The molecule has 1 aliphatic carbocycles. The third-order valence-electron chi connectivity index (χ3n) is 6.27. The van der Waals surface area contributed by atoms with Crippen molar-refractivity contribution in [1.29, 1.82) is 0 Å². The van der Waals surface area contributed by atoms with E-state index in [2.05, 4.69) is 109 Å². The first-order chi connectivity index (χ1) is 15.2. The number of nitrogens with one attached hydrogen (secondary N) is 1. The second kappa shape index (κ2) is 12.2. The number of halogens is 4. The van der Waals surface area contributed by atoms with Crippen molar-refractivity contribution in [3.63, 3.8) is 0 Å². The molecule has 0 spiro atoms. The van der Waals surface area contributed by atoms with Gasteiger partial charge in [0.15, 0.2) is 0 Å². The molecule has 33 heavy (non-hydrogen) atoms. The maximum absolute atomic E-state index is 6.59. The number of hydrogen-bond donors (Lipinski definition) is 1. The van der Waals surface area contributed by atoms with Crippen molar-refractivity contribution in [2.24, 2.45) is 0 Å². The Bertz CT molecular complexity index is 1040. The zero-order chi connectivity index (χ0) is 21.2. The van der Waals surface area contributed by atoms with Crippen LogP contribution in [0.5, 0.6) is 0 Å². The van der Waals surface area contributed by atoms with Gasteiger partial charge in [0.05, 0.1) is 18.8 Å². The van der Waals surface area contributed by atoms with Gasteiger partial charge in [-0.05, 0) is 46.0 Å². The Kier molecular flexibility index (Phi) is 9.84. The molecule has 3 nitrogen and oxygen atoms in total. The monoisotopic (exact) mass is 612 g/mol. The van der Waals surface area contributed by atoms with Gasteiger partial charge in [0.25, 0.3) is 0 Å². The van der Waals surface area contributed by atoms with Gasteiger partial charge in [0, 0.05) is 41.5 Å². The summed E-state index contributed by atoms with van der Waals surface area (Å²) in [6, 6.07) is 24.3. The SMILES string of the molecule is Brc1cc(Br)cc(CO[C@@H]2Cc3cc(-c4ccccc4)ccc3[C@H]2N2CCNCC2)c1.Cl.Cl. The molecule has 0 amide bonds. The van der Waals surface area contributed by atoms with Crippen molar-refractivity contribution in [1.82, 2.24) is 10.2 Å². The molecular weight excluding hydrogens is 587 g/mol. The lowest BCUT2D eigenvalue weighted by Crippen LogP contribution is -2.47. The van der Waals surface area contributed by atoms with E-state index in [4.69, 9.17) is 4.74 Å². The third kappa shape index (κ3) is 6.21. The molecule has 1 heterocycles. The van der Waals surface area contributed by atoms with Gasteiger partial charge in [-0.2, -0.15) is 0 Å². The molecule has 0 saturated carbocycles. The van der Waals surface area contributed by atoms with Crippen LogP contribution in [-0.4, -0.2) is 37.2 Å². The van der Waals surface area contributed by atoms with Gasteiger partial charge < -0.3 is 10.1 Å². The van der Waals surface area contributed by atoms with E-state index in [0.717, 1.165) is 41.5 Å². The van der Waals surface area contributed by atoms with Gasteiger partial charge in [-0.1, -0.05) is 80.4 Å². The smallest absolute Gasteiger partial charge is 0.0816 e. The van der Waals surface area contributed by atoms with Crippen LogP contribution in [-0.2, 0) is 17.8 Å². The van der Waals surface area contributed by atoms with Crippen LogP contribution in [0.1, 0.15) is 22.7 Å². The highest BCUT2D eigenvalue weighted by Crippen LogP contribution is 2.40. The highest BCUT2D eigenvalue weighted by molar-refractivity contribution is 9.11. The van der Waals surface area contributed by atoms with Gasteiger partial charge in [-0.25, -0.2) is 0 Å². The van der Waals surface area contributed by atoms with Crippen LogP contribution in [0.4, 0.5) is 0 Å². The van der Waals surface area contributed by atoms with E-state index in [9.17, 15) is 0 Å². The molecule has 1 aliphatic heterocycles. The van der Waals surface area contributed by atoms with E-state index >= 15 is 0 Å². The van der Waals surface area contributed by atoms with Crippen molar-refractivity contribution >= 4 is 56.7 Å². The molecule has 1 saturated heterocycles. The minimum atomic E-state index is 0. The second-order valence-electron chi connectivity index (χ2n) is 8.34. The normalized spacial score (nSPS) is 19.9. The quantitative estimate of drug-likeness (QED) is 0.342. The summed E-state index contributed by atoms with van der Waals surface area (Å²) in [5, 5.41) is 3.49. The van der Waals surface area contributed by atoms with Crippen LogP contribution in [0.2, 0.25) is 0 Å². The van der Waals surface area contributed by atoms with Crippen LogP contribution in [0.15, 0.2) is 75.7 Å². The van der Waals surface area contributed by atoms with Crippen molar-refractivity contribution in [3.05, 3.63) is 92.4 Å². The second-order valence-corrected chi connectivity index (χ2v) is 10.2. The molecule has 3 aromatic rings. The van der Waals surface area contributed by atoms with Gasteiger partial charge in [0.1, 0.15) is 0 Å². The maximum atomic E-state index is 6.59. The summed E-state index contributed by atoms with van der Waals surface area (Å²) < 4.78 is 8.73. The van der Waals surface area contributed by atoms with Gasteiger partial charge >= 0.3 is 0 Å². The number of nitrogens with zero attached hydrogens (tertiary/aromatic N) is 1. The average molecular weight is 615 g/mol. The maximum Gasteiger partial charge on any atom is 0.0816 e. The van der Waals surface area contributed by atoms with Crippen LogP contribution >= 0.6 is 56.7 Å². The van der Waals surface area contributed by atoms with Gasteiger partial charge in [-0.3, -0.25) is 4.90 Å². The molecule has 7 heteroatoms. The Morgan fingerprint density at radius 2 is 1.55 bits per heavy atom. The molecule has 0 radical (unpaired) electrons. The number of benzene rings is 3. The molecular formula is C26H28Br2Cl2N2O. The number of fused-ring (bicyclic) bond motifs is 1. The summed E-state index contributed by atoms with van der Waals surface area (Å²) in [7, 11) is 0. The summed E-state index contributed by atoms with van der Waals surface area (Å²) >= 11 is 7.19. The first-order valence-corrected chi connectivity index (χ1v) is 12.5. The van der Waals surface area contributed by atoms with Gasteiger partial charge in [-0.15, -0.1) is 24.8 Å². The Hall–Kier alpha value is -0.920. The Morgan fingerprint density at radius 3 is 2.24 bits per heavy atom. The van der Waals surface area contributed by atoms with E-state index in [-0.39, 0.29) is 30.9 Å². The number of hydrogen-bond acceptors (Lipinski definition) is 3. The number of ether oxygens (including phenoxy) is 1. The lowest BCUT2D eigenvalue weighted by Gasteiger charge is -2.36. The molecule has 0 unspecified atom stereocenters. The molecule has 2 aliphatic rings. The van der Waals surface area contributed by atoms with Crippen molar-refractivity contribution in [2.75, 3.05) is 26.2 Å². The predicted molar refractivity (Wildman–Crippen MR) is 148 cm³/mol. The largest absolute Gasteiger partial charge is 0.371 e. The minimum Gasteiger partial charge on any atom is -0.371 e. The fourth-order valence-electron chi connectivity index (χ4n) is 4.85. The van der Waals surface area contributed by atoms with Crippen molar-refractivity contribution in [3.8, 4) is 11.1 Å². The molecule has 5 rings (SSSR count). The molecule has 3 aromatic carbocycles. The molecule has 1 fully saturated rings. The fraction of sp³-hybridized carbons (Fsp3) is 0.308. The average Bonchev–Trinajstić information content (AvgIpc) is 3.16. The minimum absolute atomic E-state index is 0. The summed E-state index contributed by atoms with van der Waals surface area (Å²) in [6.07, 6.45) is 1.12. The van der Waals surface area contributed by atoms with E-state index in [1.165, 1.54) is 27.8 Å². The predicted octanol–water partition coefficient (Wildman–Crippen LogP) is 6.81. The zero-order valence-corrected chi connectivity index (χ0v) is 23.0. The van der Waals surface area contributed by atoms with Crippen LogP contribution < -0.4 is 5.32 Å².